The summed E-state index contributed by atoms with van der Waals surface area (Å²) < 4.78 is 28.5. The Morgan fingerprint density at radius 2 is 1.88 bits per heavy atom. The molecule has 0 radical (unpaired) electrons. The largest absolute Gasteiger partial charge is 0.341 e. The molecule has 3 aromatic rings. The first-order chi connectivity index (χ1) is 15.5. The van der Waals surface area contributed by atoms with Gasteiger partial charge >= 0.3 is 0 Å². The van der Waals surface area contributed by atoms with E-state index >= 15 is 0 Å². The average Bonchev–Trinajstić information content (AvgIpc) is 3.50. The van der Waals surface area contributed by atoms with Gasteiger partial charge in [-0.25, -0.2) is 13.4 Å². The molecule has 0 bridgehead atoms. The van der Waals surface area contributed by atoms with Gasteiger partial charge in [-0.05, 0) is 36.4 Å². The first-order valence-corrected chi connectivity index (χ1v) is 14.0. The minimum absolute atomic E-state index is 0.130. The normalized spacial score (nSPS) is 21.2. The molecule has 1 aromatic carbocycles. The zero-order valence-electron chi connectivity index (χ0n) is 17.7. The number of piperidine rings is 1. The van der Waals surface area contributed by atoms with Gasteiger partial charge in [0.2, 0.25) is 5.91 Å². The van der Waals surface area contributed by atoms with Gasteiger partial charge in [-0.15, -0.1) is 22.7 Å². The highest BCUT2D eigenvalue weighted by molar-refractivity contribution is 7.91. The zero-order chi connectivity index (χ0) is 22.1. The van der Waals surface area contributed by atoms with Crippen LogP contribution in [0.2, 0.25) is 0 Å². The number of piperazine rings is 1. The monoisotopic (exact) mass is 490 g/mol. The second-order valence-corrected chi connectivity index (χ2v) is 12.5. The molecule has 0 N–H and O–H groups in total. The molecule has 170 valence electrons. The van der Waals surface area contributed by atoms with E-state index in [0.29, 0.717) is 43.5 Å². The van der Waals surface area contributed by atoms with Crippen LogP contribution in [0.3, 0.4) is 0 Å². The molecule has 2 fully saturated rings. The van der Waals surface area contributed by atoms with E-state index in [9.17, 15) is 13.2 Å². The number of thiophene rings is 1. The Bertz CT molecular complexity index is 1150. The molecule has 1 amide bonds. The number of hydrogen-bond donors (Lipinski definition) is 0. The second kappa shape index (κ2) is 9.18. The van der Waals surface area contributed by atoms with E-state index in [1.165, 1.54) is 20.3 Å². The molecule has 1 unspecified atom stereocenters. The molecule has 32 heavy (non-hydrogen) atoms. The van der Waals surface area contributed by atoms with Crippen molar-refractivity contribution in [3.8, 4) is 0 Å². The van der Waals surface area contributed by atoms with Gasteiger partial charge in [-0.3, -0.25) is 9.69 Å². The Morgan fingerprint density at radius 3 is 2.62 bits per heavy atom. The molecule has 2 aliphatic rings. The van der Waals surface area contributed by atoms with Gasteiger partial charge in [-0.2, -0.15) is 4.31 Å². The summed E-state index contributed by atoms with van der Waals surface area (Å²) in [5, 5.41) is 2.90. The van der Waals surface area contributed by atoms with Crippen LogP contribution >= 0.6 is 22.7 Å². The highest BCUT2D eigenvalue weighted by Gasteiger charge is 2.32. The van der Waals surface area contributed by atoms with Gasteiger partial charge in [0.15, 0.2) is 0 Å². The lowest BCUT2D eigenvalue weighted by Gasteiger charge is -2.36. The van der Waals surface area contributed by atoms with E-state index in [-0.39, 0.29) is 11.8 Å². The predicted molar refractivity (Wildman–Crippen MR) is 128 cm³/mol. The van der Waals surface area contributed by atoms with Crippen molar-refractivity contribution in [2.24, 2.45) is 0 Å². The van der Waals surface area contributed by atoms with Crippen LogP contribution in [0.1, 0.15) is 23.8 Å². The van der Waals surface area contributed by atoms with Crippen LogP contribution in [-0.4, -0.2) is 79.2 Å². The van der Waals surface area contributed by atoms with Crippen molar-refractivity contribution in [2.45, 2.75) is 23.0 Å². The molecule has 5 rings (SSSR count). The SMILES string of the molecule is O=C(CN1CCN(S(=O)(=O)c2cccs2)CC1)N1CCCC(c2nc3ccccc3s2)C1. The summed E-state index contributed by atoms with van der Waals surface area (Å²) >= 11 is 2.98. The third-order valence-corrected chi connectivity index (χ3v) is 10.7. The molecule has 2 aromatic heterocycles. The number of benzene rings is 1. The van der Waals surface area contributed by atoms with Crippen LogP contribution in [-0.2, 0) is 14.8 Å². The predicted octanol–water partition coefficient (Wildman–Crippen LogP) is 3.07. The zero-order valence-corrected chi connectivity index (χ0v) is 20.2. The summed E-state index contributed by atoms with van der Waals surface area (Å²) in [4.78, 5) is 21.9. The van der Waals surface area contributed by atoms with Crippen molar-refractivity contribution in [3.05, 3.63) is 46.8 Å². The first-order valence-electron chi connectivity index (χ1n) is 10.9. The van der Waals surface area contributed by atoms with E-state index in [1.807, 2.05) is 23.1 Å². The third-order valence-electron chi connectivity index (χ3n) is 6.21. The van der Waals surface area contributed by atoms with Crippen LogP contribution < -0.4 is 0 Å². The molecule has 2 saturated heterocycles. The minimum atomic E-state index is -3.42. The molecular formula is C22H26N4O3S3. The molecule has 10 heteroatoms. The quantitative estimate of drug-likeness (QED) is 0.550. The number of carbonyl (C=O) groups excluding carboxylic acids is 1. The van der Waals surface area contributed by atoms with Crippen LogP contribution in [0.5, 0.6) is 0 Å². The fraction of sp³-hybridized carbons (Fsp3) is 0.455. The highest BCUT2D eigenvalue weighted by atomic mass is 32.2. The number of aromatic nitrogens is 1. The maximum atomic E-state index is 13.0. The lowest BCUT2D eigenvalue weighted by atomic mass is 9.98. The summed E-state index contributed by atoms with van der Waals surface area (Å²) in [5.41, 5.74) is 1.03. The van der Waals surface area contributed by atoms with Crippen molar-refractivity contribution in [1.29, 1.82) is 0 Å². The smallest absolute Gasteiger partial charge is 0.252 e. The van der Waals surface area contributed by atoms with E-state index < -0.39 is 10.0 Å². The second-order valence-electron chi connectivity index (χ2n) is 8.31. The van der Waals surface area contributed by atoms with Gasteiger partial charge < -0.3 is 4.90 Å². The van der Waals surface area contributed by atoms with E-state index in [2.05, 4.69) is 11.0 Å². The van der Waals surface area contributed by atoms with Crippen LogP contribution in [0, 0.1) is 0 Å². The Morgan fingerprint density at radius 1 is 1.06 bits per heavy atom. The standard InChI is InChI=1S/C22H26N4O3S3/c27-20(16-24-10-12-26(13-11-24)32(28,29)21-8-4-14-30-21)25-9-3-5-17(15-25)22-23-18-6-1-2-7-19(18)31-22/h1-2,4,6-8,14,17H,3,5,9-13,15-16H2. The number of nitrogens with zero attached hydrogens (tertiary/aromatic N) is 4. The van der Waals surface area contributed by atoms with Crippen LogP contribution in [0.15, 0.2) is 46.0 Å². The lowest BCUT2D eigenvalue weighted by molar-refractivity contribution is -0.133. The number of hydrogen-bond acceptors (Lipinski definition) is 7. The minimum Gasteiger partial charge on any atom is -0.341 e. The number of carbonyl (C=O) groups is 1. The number of fused-ring (bicyclic) bond motifs is 1. The third kappa shape index (κ3) is 4.47. The summed E-state index contributed by atoms with van der Waals surface area (Å²) in [7, 11) is -3.42. The molecule has 0 aliphatic carbocycles. The van der Waals surface area contributed by atoms with Gasteiger partial charge in [0.1, 0.15) is 4.21 Å². The van der Waals surface area contributed by atoms with Gasteiger partial charge in [0.25, 0.3) is 10.0 Å². The topological polar surface area (TPSA) is 73.8 Å². The van der Waals surface area contributed by atoms with Gasteiger partial charge in [0.05, 0.1) is 21.8 Å². The highest BCUT2D eigenvalue weighted by Crippen LogP contribution is 2.33. The number of thiazole rings is 1. The van der Waals surface area contributed by atoms with Crippen molar-refractivity contribution < 1.29 is 13.2 Å². The maximum absolute atomic E-state index is 13.0. The molecule has 7 nitrogen and oxygen atoms in total. The van der Waals surface area contributed by atoms with E-state index in [1.54, 1.807) is 28.8 Å². The van der Waals surface area contributed by atoms with Crippen molar-refractivity contribution in [3.63, 3.8) is 0 Å². The number of sulfonamides is 1. The first kappa shape index (κ1) is 22.0. The van der Waals surface area contributed by atoms with Crippen LogP contribution in [0.4, 0.5) is 0 Å². The molecule has 1 atom stereocenters. The fourth-order valence-electron chi connectivity index (χ4n) is 4.43. The van der Waals surface area contributed by atoms with Crippen LogP contribution in [0.25, 0.3) is 10.2 Å². The molecule has 4 heterocycles. The summed E-state index contributed by atoms with van der Waals surface area (Å²) in [6.45, 7) is 3.83. The molecular weight excluding hydrogens is 464 g/mol. The fourth-order valence-corrected chi connectivity index (χ4v) is 8.09. The number of likely N-dealkylation sites (tertiary alicyclic amines) is 1. The summed E-state index contributed by atoms with van der Waals surface area (Å²) in [5.74, 6) is 0.420. The summed E-state index contributed by atoms with van der Waals surface area (Å²) in [6.07, 6.45) is 2.04. The van der Waals surface area contributed by atoms with E-state index in [4.69, 9.17) is 4.98 Å². The molecule has 0 saturated carbocycles. The van der Waals surface area contributed by atoms with Crippen molar-refractivity contribution in [2.75, 3.05) is 45.8 Å². The van der Waals surface area contributed by atoms with Gasteiger partial charge in [-0.1, -0.05) is 18.2 Å². The molecule has 0 spiro atoms. The molecule has 2 aliphatic heterocycles. The Kier molecular flexibility index (Phi) is 6.31. The Labute approximate surface area is 196 Å². The van der Waals surface area contributed by atoms with Crippen molar-refractivity contribution in [1.82, 2.24) is 19.1 Å². The average molecular weight is 491 g/mol. The van der Waals surface area contributed by atoms with Crippen molar-refractivity contribution >= 4 is 48.8 Å². The summed E-state index contributed by atoms with van der Waals surface area (Å²) in [6, 6.07) is 11.6. The maximum Gasteiger partial charge on any atom is 0.252 e. The lowest BCUT2D eigenvalue weighted by Crippen LogP contribution is -2.52. The van der Waals surface area contributed by atoms with E-state index in [0.717, 1.165) is 29.9 Å². The number of rotatable bonds is 5. The Balaban J connectivity index is 1.17. The van der Waals surface area contributed by atoms with Gasteiger partial charge in [0, 0.05) is 45.2 Å². The Hall–Kier alpha value is -1.85. The number of amides is 1. The number of para-hydroxylation sites is 1.